The van der Waals surface area contributed by atoms with E-state index >= 15 is 0 Å². The largest absolute Gasteiger partial charge is 0.509 e. The molecule has 3 saturated heterocycles. The molecule has 0 aromatic heterocycles. The van der Waals surface area contributed by atoms with Gasteiger partial charge in [-0.05, 0) is 91.4 Å². The minimum atomic E-state index is -2.05. The predicted molar refractivity (Wildman–Crippen MR) is 287 cm³/mol. The second kappa shape index (κ2) is 28.4. The number of aliphatic hydroxyl groups is 3. The quantitative estimate of drug-likeness (QED) is 0.0918. The fraction of sp³-hybridized carbons (Fsp3) is 0.719. The SMILES string of the molecule is CCP(C)(C)=O.CC[C@H]1OC(=O)[C@H](C)[C@@H](O[C@H]2C[C@@](C)(OC)[C@@H](O)[C@H](C)O2)[C@H](C)[C@@H](O[C@@H]2O[C@H](C)C[C@H](N(C)C(=O)OCc3ccccc3)[C@H]2OC(=O)OCc2ccccc2)[C@@](C)(OC)C[C@@H](C)C(=O)[C@H](C)[C@@H](O)[C@]1(C)O. The van der Waals surface area contributed by atoms with Crippen LogP contribution in [-0.4, -0.2) is 169 Å². The zero-order valence-electron chi connectivity index (χ0n) is 48.2. The van der Waals surface area contributed by atoms with Crippen LogP contribution in [0.25, 0.3) is 0 Å². The van der Waals surface area contributed by atoms with Gasteiger partial charge in [-0.2, -0.15) is 0 Å². The fourth-order valence-electron chi connectivity index (χ4n) is 10.4. The number of nitrogens with zero attached hydrogens (tertiary/aromatic N) is 1. The molecule has 3 N–H and O–H groups in total. The van der Waals surface area contributed by atoms with Gasteiger partial charge < -0.3 is 72.2 Å². The first-order valence-electron chi connectivity index (χ1n) is 26.9. The lowest BCUT2D eigenvalue weighted by atomic mass is 9.74. The first-order valence-corrected chi connectivity index (χ1v) is 29.7. The molecule has 0 unspecified atom stereocenters. The second-order valence-corrected chi connectivity index (χ2v) is 26.1. The van der Waals surface area contributed by atoms with Crippen molar-refractivity contribution < 1.29 is 86.4 Å². The summed E-state index contributed by atoms with van der Waals surface area (Å²) >= 11 is 0. The van der Waals surface area contributed by atoms with Crippen LogP contribution in [0, 0.1) is 23.7 Å². The van der Waals surface area contributed by atoms with Gasteiger partial charge in [-0.15, -0.1) is 0 Å². The van der Waals surface area contributed by atoms with Crippen molar-refractivity contribution in [3.05, 3.63) is 71.8 Å². The van der Waals surface area contributed by atoms with Crippen LogP contribution in [0.2, 0.25) is 0 Å². The van der Waals surface area contributed by atoms with Gasteiger partial charge in [-0.25, -0.2) is 9.59 Å². The summed E-state index contributed by atoms with van der Waals surface area (Å²) in [6.07, 6.45) is -12.3. The molecule has 3 aliphatic heterocycles. The van der Waals surface area contributed by atoms with E-state index in [1.54, 1.807) is 93.0 Å². The third kappa shape index (κ3) is 17.2. The lowest BCUT2D eigenvalue weighted by molar-refractivity contribution is -0.319. The number of carbonyl (C=O) groups excluding carboxylic acids is 4. The van der Waals surface area contributed by atoms with Crippen molar-refractivity contribution in [3.8, 4) is 0 Å². The number of hydrogen-bond acceptors (Lipinski definition) is 18. The maximum absolute atomic E-state index is 14.6. The zero-order chi connectivity index (χ0) is 57.8. The van der Waals surface area contributed by atoms with Crippen molar-refractivity contribution in [2.45, 2.75) is 199 Å². The highest BCUT2D eigenvalue weighted by Crippen LogP contribution is 2.42. The lowest BCUT2D eigenvalue weighted by Crippen LogP contribution is -2.62. The van der Waals surface area contributed by atoms with E-state index in [4.69, 9.17) is 47.4 Å². The second-order valence-electron chi connectivity index (χ2n) is 22.3. The van der Waals surface area contributed by atoms with E-state index in [9.17, 15) is 39.1 Å². The number of rotatable bonds is 14. The van der Waals surface area contributed by atoms with Gasteiger partial charge in [0.15, 0.2) is 18.7 Å². The number of likely N-dealkylation sites (N-methyl/N-ethyl adjacent to an activating group) is 1. The van der Waals surface area contributed by atoms with Gasteiger partial charge in [-0.1, -0.05) is 95.3 Å². The number of hydrogen-bond donors (Lipinski definition) is 3. The third-order valence-corrected chi connectivity index (χ3v) is 17.3. The minimum Gasteiger partial charge on any atom is -0.459 e. The molecule has 18 atom stereocenters. The summed E-state index contributed by atoms with van der Waals surface area (Å²) < 4.78 is 73.2. The van der Waals surface area contributed by atoms with Gasteiger partial charge in [0.2, 0.25) is 0 Å². The summed E-state index contributed by atoms with van der Waals surface area (Å²) in [6.45, 7) is 21.9. The number of carbonyl (C=O) groups is 4. The van der Waals surface area contributed by atoms with E-state index in [1.807, 2.05) is 43.3 Å². The van der Waals surface area contributed by atoms with Crippen LogP contribution in [0.3, 0.4) is 0 Å². The van der Waals surface area contributed by atoms with E-state index in [1.165, 1.54) is 40.0 Å². The van der Waals surface area contributed by atoms with Crippen molar-refractivity contribution in [1.82, 2.24) is 4.90 Å². The van der Waals surface area contributed by atoms with Crippen LogP contribution < -0.4 is 0 Å². The molecule has 1 amide bonds. The fourth-order valence-corrected chi connectivity index (χ4v) is 10.4. The Labute approximate surface area is 456 Å². The molecule has 3 heterocycles. The Bertz CT molecular complexity index is 2230. The third-order valence-electron chi connectivity index (χ3n) is 15.8. The van der Waals surface area contributed by atoms with Crippen molar-refractivity contribution in [2.24, 2.45) is 23.7 Å². The normalized spacial score (nSPS) is 36.5. The number of cyclic esters (lactones) is 1. The summed E-state index contributed by atoms with van der Waals surface area (Å²) in [7, 11) is 2.80. The van der Waals surface area contributed by atoms with E-state index in [0.29, 0.717) is 5.56 Å². The Morgan fingerprint density at radius 3 is 1.83 bits per heavy atom. The number of methoxy groups -OCH3 is 2. The number of ketones is 1. The van der Waals surface area contributed by atoms with Crippen LogP contribution in [-0.2, 0) is 74.7 Å². The minimum absolute atomic E-state index is 0.0315. The maximum Gasteiger partial charge on any atom is 0.509 e. The van der Waals surface area contributed by atoms with Crippen LogP contribution in [0.4, 0.5) is 9.59 Å². The van der Waals surface area contributed by atoms with Crippen LogP contribution in [0.5, 0.6) is 0 Å². The van der Waals surface area contributed by atoms with Crippen molar-refractivity contribution >= 4 is 31.1 Å². The Morgan fingerprint density at radius 1 is 0.766 bits per heavy atom. The standard InChI is InChI=1S/C53H79NO17.C4H11OP/c1-14-39-53(10,61)44(56)32(4)41(55)30(2)26-52(9,63-13)46(33(5)42(34(6)47(58)68-39)69-40-27-51(8,62-12)45(57)35(7)67-40)71-48-43(70-50(60)65-29-37-23-19-16-20-24-37)38(25-31(3)66-48)54(11)49(59)64-28-36-21-17-15-18-22-36;1-4-6(2,3)5/h15-24,30-35,38-40,42-46,48,56-57,61H,14,25-29H2,1-13H3;4H2,1-3H3/t30-,31-,32+,33+,34-,35+,38+,39-,40+,42+,43-,44-,45+,46-,48+,51-,52+,53-;/m1./s1. The van der Waals surface area contributed by atoms with Gasteiger partial charge in [0.05, 0.1) is 60.8 Å². The molecule has 0 bridgehead atoms. The monoisotopic (exact) mass is 1110 g/mol. The molecular formula is C57H90NO18P. The summed E-state index contributed by atoms with van der Waals surface area (Å²) in [5.41, 5.74) is -3.20. The summed E-state index contributed by atoms with van der Waals surface area (Å²) in [6, 6.07) is 17.2. The highest BCUT2D eigenvalue weighted by atomic mass is 31.2. The van der Waals surface area contributed by atoms with Crippen LogP contribution >= 0.6 is 7.14 Å². The lowest BCUT2D eigenvalue weighted by Gasteiger charge is -2.50. The highest BCUT2D eigenvalue weighted by molar-refractivity contribution is 7.62. The number of Topliss-reactive ketones (excluding diaryl/α,β-unsaturated/α-hetero) is 1. The van der Waals surface area contributed by atoms with Gasteiger partial charge in [-0.3, -0.25) is 9.59 Å². The molecule has 19 nitrogen and oxygen atoms in total. The van der Waals surface area contributed by atoms with E-state index in [0.717, 1.165) is 11.7 Å². The Morgan fingerprint density at radius 2 is 1.31 bits per heavy atom. The van der Waals surface area contributed by atoms with E-state index in [-0.39, 0.29) is 38.9 Å². The average Bonchev–Trinajstić information content (AvgIpc) is 3.41. The van der Waals surface area contributed by atoms with Crippen molar-refractivity contribution in [1.29, 1.82) is 0 Å². The number of benzene rings is 2. The van der Waals surface area contributed by atoms with Crippen LogP contribution in [0.1, 0.15) is 113 Å². The first kappa shape index (κ1) is 65.5. The number of amides is 1. The molecule has 3 aliphatic rings. The van der Waals surface area contributed by atoms with Crippen molar-refractivity contribution in [3.63, 3.8) is 0 Å². The molecule has 0 radical (unpaired) electrons. The van der Waals surface area contributed by atoms with E-state index < -0.39 is 139 Å². The van der Waals surface area contributed by atoms with Gasteiger partial charge in [0, 0.05) is 45.4 Å². The maximum atomic E-state index is 14.6. The zero-order valence-corrected chi connectivity index (χ0v) is 49.1. The Balaban J connectivity index is 0.00000201. The molecule has 77 heavy (non-hydrogen) atoms. The first-order chi connectivity index (χ1) is 36.0. The molecule has 0 aliphatic carbocycles. The summed E-state index contributed by atoms with van der Waals surface area (Å²) in [5, 5.41) is 34.7. The molecule has 5 rings (SSSR count). The molecule has 2 aromatic rings. The molecule has 2 aromatic carbocycles. The summed E-state index contributed by atoms with van der Waals surface area (Å²) in [4.78, 5) is 58.1. The van der Waals surface area contributed by atoms with Crippen LogP contribution in [0.15, 0.2) is 60.7 Å². The van der Waals surface area contributed by atoms with E-state index in [2.05, 4.69) is 0 Å². The van der Waals surface area contributed by atoms with Crippen molar-refractivity contribution in [2.75, 3.05) is 40.8 Å². The molecule has 436 valence electrons. The predicted octanol–water partition coefficient (Wildman–Crippen LogP) is 8.14. The molecule has 0 spiro atoms. The topological polar surface area (TPSA) is 242 Å². The Hall–Kier alpha value is -4.01. The van der Waals surface area contributed by atoms with Gasteiger partial charge in [0.25, 0.3) is 0 Å². The molecule has 20 heteroatoms. The average molecular weight is 1110 g/mol. The Kier molecular flexibility index (Phi) is 24.2. The smallest absolute Gasteiger partial charge is 0.459 e. The molecular weight excluding hydrogens is 1020 g/mol. The number of esters is 1. The molecule has 0 saturated carbocycles. The number of ether oxygens (including phenoxy) is 10. The summed E-state index contributed by atoms with van der Waals surface area (Å²) in [5.74, 6) is -5.25. The highest BCUT2D eigenvalue weighted by Gasteiger charge is 2.55. The van der Waals surface area contributed by atoms with Gasteiger partial charge >= 0.3 is 18.2 Å². The number of aliphatic hydroxyl groups excluding tert-OH is 2. The molecule has 3 fully saturated rings. The van der Waals surface area contributed by atoms with Gasteiger partial charge in [0.1, 0.15) is 36.8 Å².